The zero-order valence-electron chi connectivity index (χ0n) is 20.8. The summed E-state index contributed by atoms with van der Waals surface area (Å²) in [5, 5.41) is 26.9. The molecule has 4 aromatic rings. The summed E-state index contributed by atoms with van der Waals surface area (Å²) in [6.07, 6.45) is 7.91. The van der Waals surface area contributed by atoms with Crippen molar-refractivity contribution in [3.63, 3.8) is 0 Å². The van der Waals surface area contributed by atoms with E-state index in [1.165, 1.54) is 6.07 Å². The molecule has 0 aliphatic heterocycles. The zero-order chi connectivity index (χ0) is 25.2. The number of aliphatic hydroxyl groups is 1. The molecule has 0 fully saturated rings. The molecule has 0 radical (unpaired) electrons. The Morgan fingerprint density at radius 3 is 2.77 bits per heavy atom. The Bertz CT molecular complexity index is 1350. The fourth-order valence-corrected chi connectivity index (χ4v) is 4.34. The summed E-state index contributed by atoms with van der Waals surface area (Å²) in [6.45, 7) is 12.0. The van der Waals surface area contributed by atoms with Crippen LogP contribution < -0.4 is 5.32 Å². The molecule has 2 N–H and O–H groups in total. The third kappa shape index (κ3) is 5.27. The number of allylic oxidation sites excluding steroid dienone is 1. The van der Waals surface area contributed by atoms with Gasteiger partial charge in [-0.2, -0.15) is 5.10 Å². The molecule has 0 saturated heterocycles. The summed E-state index contributed by atoms with van der Waals surface area (Å²) in [7, 11) is 0. The molecular weight excluding hydrogens is 443 g/mol. The lowest BCUT2D eigenvalue weighted by atomic mass is 10.0. The molecule has 0 saturated carbocycles. The van der Waals surface area contributed by atoms with E-state index < -0.39 is 5.60 Å². The van der Waals surface area contributed by atoms with Crippen molar-refractivity contribution in [3.8, 4) is 11.3 Å². The van der Waals surface area contributed by atoms with E-state index in [9.17, 15) is 9.50 Å². The van der Waals surface area contributed by atoms with Crippen LogP contribution in [-0.4, -0.2) is 35.1 Å². The Morgan fingerprint density at radius 2 is 2.03 bits per heavy atom. The summed E-state index contributed by atoms with van der Waals surface area (Å²) in [6, 6.07) is 7.35. The lowest BCUT2D eigenvalue weighted by molar-refractivity contribution is 0.0583. The van der Waals surface area contributed by atoms with Crippen molar-refractivity contribution in [2.24, 2.45) is 0 Å². The third-order valence-corrected chi connectivity index (χ3v) is 6.28. The highest BCUT2D eigenvalue weighted by atomic mass is 19.1. The second-order valence-corrected chi connectivity index (χ2v) is 9.65. The van der Waals surface area contributed by atoms with E-state index in [4.69, 9.17) is 0 Å². The first-order valence-corrected chi connectivity index (χ1v) is 11.9. The molecule has 8 heteroatoms. The number of nitrogens with one attached hydrogen (secondary N) is 1. The average Bonchev–Trinajstić information content (AvgIpc) is 3.46. The Kier molecular flexibility index (Phi) is 7.03. The minimum Gasteiger partial charge on any atom is -0.389 e. The molecule has 0 aliphatic carbocycles. The van der Waals surface area contributed by atoms with Crippen LogP contribution >= 0.6 is 0 Å². The molecule has 7 nitrogen and oxygen atoms in total. The molecule has 0 aliphatic rings. The minimum atomic E-state index is -0.922. The molecule has 35 heavy (non-hydrogen) atoms. The van der Waals surface area contributed by atoms with Gasteiger partial charge in [-0.25, -0.2) is 4.39 Å². The van der Waals surface area contributed by atoms with Crippen LogP contribution in [0, 0.1) is 19.7 Å². The SMILES string of the molecule is C=CCCCc1cc(-c2ccnn2CC(C)(C)O)c2nncn2c1NCc1c(F)ccc(C)c1C. The molecule has 1 aromatic carbocycles. The minimum absolute atomic E-state index is 0.221. The van der Waals surface area contributed by atoms with Crippen molar-refractivity contribution >= 4 is 11.5 Å². The van der Waals surface area contributed by atoms with Crippen LogP contribution in [0.3, 0.4) is 0 Å². The van der Waals surface area contributed by atoms with Crippen LogP contribution in [0.15, 0.2) is 49.4 Å². The van der Waals surface area contributed by atoms with Crippen molar-refractivity contribution in [2.45, 2.75) is 65.6 Å². The quantitative estimate of drug-likeness (QED) is 0.242. The third-order valence-electron chi connectivity index (χ3n) is 6.28. The summed E-state index contributed by atoms with van der Waals surface area (Å²) < 4.78 is 18.4. The van der Waals surface area contributed by atoms with Gasteiger partial charge in [-0.3, -0.25) is 9.08 Å². The second-order valence-electron chi connectivity index (χ2n) is 9.65. The van der Waals surface area contributed by atoms with Crippen LogP contribution in [0.4, 0.5) is 10.2 Å². The summed E-state index contributed by atoms with van der Waals surface area (Å²) in [4.78, 5) is 0. The predicted octanol–water partition coefficient (Wildman–Crippen LogP) is 5.24. The number of benzene rings is 1. The van der Waals surface area contributed by atoms with Gasteiger partial charge in [0.1, 0.15) is 18.0 Å². The summed E-state index contributed by atoms with van der Waals surface area (Å²) in [5.74, 6) is 0.618. The van der Waals surface area contributed by atoms with Crippen molar-refractivity contribution < 1.29 is 9.50 Å². The van der Waals surface area contributed by atoms with E-state index in [0.717, 1.165) is 53.0 Å². The topological polar surface area (TPSA) is 80.3 Å². The largest absolute Gasteiger partial charge is 0.389 e. The number of aryl methyl sites for hydroxylation is 2. The molecule has 3 aromatic heterocycles. The van der Waals surface area contributed by atoms with Gasteiger partial charge in [0.25, 0.3) is 0 Å². The van der Waals surface area contributed by atoms with Crippen molar-refractivity contribution in [1.82, 2.24) is 24.4 Å². The van der Waals surface area contributed by atoms with E-state index in [2.05, 4.69) is 33.3 Å². The number of unbranched alkanes of at least 4 members (excludes halogenated alkanes) is 1. The summed E-state index contributed by atoms with van der Waals surface area (Å²) in [5.41, 5.74) is 5.18. The number of hydrogen-bond donors (Lipinski definition) is 2. The normalized spacial score (nSPS) is 11.8. The molecule has 184 valence electrons. The van der Waals surface area contributed by atoms with Crippen molar-refractivity contribution in [2.75, 3.05) is 5.32 Å². The number of hydrogen-bond acceptors (Lipinski definition) is 5. The maximum absolute atomic E-state index is 14.7. The van der Waals surface area contributed by atoms with Crippen LogP contribution in [0.2, 0.25) is 0 Å². The average molecular weight is 477 g/mol. The Labute approximate surface area is 205 Å². The first kappa shape index (κ1) is 24.6. The molecule has 0 unspecified atom stereocenters. The van der Waals surface area contributed by atoms with Crippen LogP contribution in [0.5, 0.6) is 0 Å². The second kappa shape index (κ2) is 10.00. The number of pyridine rings is 1. The highest BCUT2D eigenvalue weighted by molar-refractivity contribution is 5.78. The smallest absolute Gasteiger partial charge is 0.171 e. The van der Waals surface area contributed by atoms with Crippen LogP contribution in [0.1, 0.15) is 48.9 Å². The monoisotopic (exact) mass is 476 g/mol. The standard InChI is InChI=1S/C27H33FN6O/c1-6-7-8-9-20-14-21(24-12-13-31-34(24)16-27(4,5)35)26-32-30-17-33(26)25(20)29-15-22-19(3)18(2)10-11-23(22)28/h6,10-14,17,29,35H,1,7-9,15-16H2,2-5H3. The van der Waals surface area contributed by atoms with Crippen LogP contribution in [0.25, 0.3) is 16.9 Å². The van der Waals surface area contributed by atoms with E-state index in [-0.39, 0.29) is 5.82 Å². The Morgan fingerprint density at radius 1 is 1.23 bits per heavy atom. The van der Waals surface area contributed by atoms with Gasteiger partial charge in [-0.05, 0) is 81.8 Å². The van der Waals surface area contributed by atoms with Gasteiger partial charge in [0.15, 0.2) is 5.65 Å². The fraction of sp³-hybridized carbons (Fsp3) is 0.370. The highest BCUT2D eigenvalue weighted by Gasteiger charge is 2.21. The van der Waals surface area contributed by atoms with Gasteiger partial charge in [-0.15, -0.1) is 16.8 Å². The zero-order valence-corrected chi connectivity index (χ0v) is 20.8. The molecule has 3 heterocycles. The number of fused-ring (bicyclic) bond motifs is 1. The van der Waals surface area contributed by atoms with Gasteiger partial charge in [0.2, 0.25) is 0 Å². The maximum Gasteiger partial charge on any atom is 0.171 e. The number of nitrogens with zero attached hydrogens (tertiary/aromatic N) is 5. The van der Waals surface area contributed by atoms with Gasteiger partial charge >= 0.3 is 0 Å². The highest BCUT2D eigenvalue weighted by Crippen LogP contribution is 2.31. The number of aromatic nitrogens is 5. The van der Waals surface area contributed by atoms with E-state index in [1.807, 2.05) is 30.4 Å². The predicted molar refractivity (Wildman–Crippen MR) is 137 cm³/mol. The number of anilines is 1. The molecule has 4 rings (SSSR count). The lowest BCUT2D eigenvalue weighted by Gasteiger charge is -2.20. The Balaban J connectivity index is 1.80. The van der Waals surface area contributed by atoms with E-state index in [1.54, 1.807) is 37.1 Å². The fourth-order valence-electron chi connectivity index (χ4n) is 4.34. The first-order chi connectivity index (χ1) is 16.7. The van der Waals surface area contributed by atoms with E-state index >= 15 is 0 Å². The molecular formula is C27H33FN6O. The van der Waals surface area contributed by atoms with Crippen LogP contribution in [-0.2, 0) is 19.5 Å². The molecule has 0 spiro atoms. The molecule has 0 bridgehead atoms. The van der Waals surface area contributed by atoms with Crippen molar-refractivity contribution in [3.05, 3.63) is 77.5 Å². The van der Waals surface area contributed by atoms with Gasteiger partial charge in [0.05, 0.1) is 17.8 Å². The number of rotatable bonds is 10. The summed E-state index contributed by atoms with van der Waals surface area (Å²) >= 11 is 0. The number of halogens is 1. The Hall–Kier alpha value is -3.52. The van der Waals surface area contributed by atoms with Crippen molar-refractivity contribution in [1.29, 1.82) is 0 Å². The molecule has 0 atom stereocenters. The van der Waals surface area contributed by atoms with E-state index in [0.29, 0.717) is 24.3 Å². The maximum atomic E-state index is 14.7. The lowest BCUT2D eigenvalue weighted by Crippen LogP contribution is -2.27. The van der Waals surface area contributed by atoms with Gasteiger partial charge in [0, 0.05) is 23.9 Å². The first-order valence-electron chi connectivity index (χ1n) is 11.9. The molecule has 0 amide bonds. The van der Waals surface area contributed by atoms with Gasteiger partial charge < -0.3 is 10.4 Å². The van der Waals surface area contributed by atoms with Gasteiger partial charge in [-0.1, -0.05) is 12.1 Å².